The van der Waals surface area contributed by atoms with E-state index in [1.54, 1.807) is 6.92 Å². The van der Waals surface area contributed by atoms with Gasteiger partial charge in [-0.1, -0.05) is 60.7 Å². The number of rotatable bonds is 3. The lowest BCUT2D eigenvalue weighted by molar-refractivity contribution is -0.112. The second kappa shape index (κ2) is 9.08. The van der Waals surface area contributed by atoms with Crippen molar-refractivity contribution in [3.63, 3.8) is 0 Å². The molecule has 1 heterocycles. The van der Waals surface area contributed by atoms with Crippen LogP contribution in [0.5, 0.6) is 0 Å². The van der Waals surface area contributed by atoms with Crippen LogP contribution in [0.2, 0.25) is 0 Å². The van der Waals surface area contributed by atoms with E-state index in [2.05, 4.69) is 48.7 Å². The molecule has 0 N–H and O–H groups in total. The van der Waals surface area contributed by atoms with Gasteiger partial charge in [0.25, 0.3) is 0 Å². The van der Waals surface area contributed by atoms with Crippen molar-refractivity contribution in [1.82, 2.24) is 0 Å². The van der Waals surface area contributed by atoms with E-state index in [1.807, 2.05) is 24.3 Å². The van der Waals surface area contributed by atoms with E-state index < -0.39 is 7.25 Å². The van der Waals surface area contributed by atoms with E-state index in [0.29, 0.717) is 0 Å². The zero-order chi connectivity index (χ0) is 20.0. The van der Waals surface area contributed by atoms with Gasteiger partial charge in [-0.15, -0.1) is 0 Å². The molecule has 3 rings (SSSR count). The predicted molar refractivity (Wildman–Crippen MR) is 107 cm³/mol. The average molecular weight is 394 g/mol. The molecule has 0 saturated carbocycles. The van der Waals surface area contributed by atoms with Crippen molar-refractivity contribution in [3.8, 4) is 0 Å². The summed E-state index contributed by atoms with van der Waals surface area (Å²) < 4.78 is 39.0. The van der Waals surface area contributed by atoms with Crippen molar-refractivity contribution in [2.75, 3.05) is 12.0 Å². The van der Waals surface area contributed by atoms with Gasteiger partial charge in [-0.25, -0.2) is 0 Å². The van der Waals surface area contributed by atoms with Crippen LogP contribution in [0.15, 0.2) is 71.6 Å². The van der Waals surface area contributed by atoms with Gasteiger partial charge in [-0.3, -0.25) is 4.79 Å². The van der Waals surface area contributed by atoms with Crippen molar-refractivity contribution >= 4 is 35.1 Å². The Balaban J connectivity index is 0.000000465. The number of ketones is 1. The number of carbonyl (C=O) groups is 1. The quantitative estimate of drug-likeness (QED) is 0.375. The van der Waals surface area contributed by atoms with Crippen LogP contribution in [0.3, 0.4) is 0 Å². The van der Waals surface area contributed by atoms with Gasteiger partial charge in [-0.2, -0.15) is 0 Å². The van der Waals surface area contributed by atoms with Crippen LogP contribution in [0.1, 0.15) is 18.1 Å². The normalized spacial score (nSPS) is 17.0. The lowest BCUT2D eigenvalue weighted by Crippen LogP contribution is -2.19. The molecule has 0 bridgehead atoms. The summed E-state index contributed by atoms with van der Waals surface area (Å²) in [5.74, 6) is 1.12. The van der Waals surface area contributed by atoms with Crippen molar-refractivity contribution in [1.29, 1.82) is 0 Å². The maximum atomic E-state index is 11.9. The molecule has 1 nitrogen and oxygen atoms in total. The summed E-state index contributed by atoms with van der Waals surface area (Å²) in [7, 11) is -6.03. The standard InChI is InChI=1S/C20H19OS.BF4/c1-15(21)20-13-18(16-9-5-3-6-10-16)19(14-22(20)2)17-11-7-4-8-12-17;2-1(3,4)5/h3-13H,14H2,1-2H3;/q+1;-1. The molecule has 0 amide bonds. The highest BCUT2D eigenvalue weighted by Gasteiger charge is 2.31. The van der Waals surface area contributed by atoms with Crippen molar-refractivity contribution in [2.24, 2.45) is 0 Å². The zero-order valence-corrected chi connectivity index (χ0v) is 15.8. The average Bonchev–Trinajstić information content (AvgIpc) is 2.61. The monoisotopic (exact) mass is 394 g/mol. The number of carbonyl (C=O) groups excluding carboxylic acids is 1. The first-order valence-electron chi connectivity index (χ1n) is 8.23. The summed E-state index contributed by atoms with van der Waals surface area (Å²) >= 11 is 0. The maximum Gasteiger partial charge on any atom is 0.673 e. The Morgan fingerprint density at radius 2 is 1.33 bits per heavy atom. The molecule has 2 aromatic rings. The lowest BCUT2D eigenvalue weighted by atomic mass is 9.94. The molecule has 2 aromatic carbocycles. The van der Waals surface area contributed by atoms with E-state index >= 15 is 0 Å². The van der Waals surface area contributed by atoms with E-state index in [-0.39, 0.29) is 16.7 Å². The van der Waals surface area contributed by atoms with Crippen LogP contribution < -0.4 is 0 Å². The molecule has 1 aliphatic heterocycles. The van der Waals surface area contributed by atoms with Crippen LogP contribution in [0.25, 0.3) is 11.1 Å². The van der Waals surface area contributed by atoms with Crippen LogP contribution >= 0.6 is 0 Å². The summed E-state index contributed by atoms with van der Waals surface area (Å²) in [6, 6.07) is 20.8. The molecule has 1 unspecified atom stereocenters. The third-order valence-electron chi connectivity index (χ3n) is 3.89. The minimum Gasteiger partial charge on any atom is -0.418 e. The second-order valence-corrected chi connectivity index (χ2v) is 7.97. The predicted octanol–water partition coefficient (Wildman–Crippen LogP) is 5.63. The third kappa shape index (κ3) is 6.43. The van der Waals surface area contributed by atoms with Gasteiger partial charge >= 0.3 is 7.25 Å². The summed E-state index contributed by atoms with van der Waals surface area (Å²) in [5.41, 5.74) is 4.95. The molecule has 142 valence electrons. The minimum atomic E-state index is -6.00. The first-order chi connectivity index (χ1) is 12.7. The molecule has 0 fully saturated rings. The number of allylic oxidation sites excluding steroid dienone is 3. The summed E-state index contributed by atoms with van der Waals surface area (Å²) in [6.07, 6.45) is 4.27. The first-order valence-corrected chi connectivity index (χ1v) is 10.0. The topological polar surface area (TPSA) is 17.1 Å². The van der Waals surface area contributed by atoms with Crippen LogP contribution in [0.4, 0.5) is 17.3 Å². The second-order valence-electron chi connectivity index (χ2n) is 5.97. The highest BCUT2D eigenvalue weighted by Crippen LogP contribution is 2.35. The number of benzene rings is 2. The molecule has 27 heavy (non-hydrogen) atoms. The summed E-state index contributed by atoms with van der Waals surface area (Å²) in [5, 5.41) is 0. The first kappa shape index (κ1) is 21.0. The Hall–Kier alpha value is -2.28. The minimum absolute atomic E-state index is 0.0294. The molecule has 0 aliphatic carbocycles. The molecule has 0 spiro atoms. The molecule has 0 aromatic heterocycles. The number of hydrogen-bond donors (Lipinski definition) is 0. The molecular weight excluding hydrogens is 375 g/mol. The zero-order valence-electron chi connectivity index (χ0n) is 15.0. The molecule has 0 radical (unpaired) electrons. The molecule has 7 heteroatoms. The molecule has 1 aliphatic rings. The van der Waals surface area contributed by atoms with E-state index in [4.69, 9.17) is 0 Å². The Morgan fingerprint density at radius 3 is 1.78 bits per heavy atom. The Bertz CT molecular complexity index is 839. The smallest absolute Gasteiger partial charge is 0.418 e. The molecular formula is C20H19BF4OS. The SMILES string of the molecule is CC(=O)C1=CC(c2ccccc2)=C(c2ccccc2)C[S+]1C.F[B-](F)(F)F. The van der Waals surface area contributed by atoms with Gasteiger partial charge < -0.3 is 17.3 Å². The Morgan fingerprint density at radius 1 is 0.889 bits per heavy atom. The fourth-order valence-electron chi connectivity index (χ4n) is 2.79. The summed E-state index contributed by atoms with van der Waals surface area (Å²) in [4.78, 5) is 12.9. The maximum absolute atomic E-state index is 11.9. The van der Waals surface area contributed by atoms with E-state index in [9.17, 15) is 22.1 Å². The van der Waals surface area contributed by atoms with Gasteiger partial charge in [0, 0.05) is 29.5 Å². The Kier molecular flexibility index (Phi) is 7.08. The van der Waals surface area contributed by atoms with Gasteiger partial charge in [0.05, 0.1) is 0 Å². The highest BCUT2D eigenvalue weighted by atomic mass is 32.2. The van der Waals surface area contributed by atoms with Crippen molar-refractivity contribution in [2.45, 2.75) is 6.92 Å². The third-order valence-corrected chi connectivity index (χ3v) is 5.77. The number of halogens is 4. The highest BCUT2D eigenvalue weighted by molar-refractivity contribution is 8.01. The van der Waals surface area contributed by atoms with Crippen molar-refractivity contribution in [3.05, 3.63) is 82.8 Å². The van der Waals surface area contributed by atoms with Gasteiger partial charge in [-0.05, 0) is 16.7 Å². The van der Waals surface area contributed by atoms with Crippen LogP contribution in [-0.2, 0) is 15.7 Å². The molecule has 1 atom stereocenters. The lowest BCUT2D eigenvalue weighted by Gasteiger charge is -2.19. The van der Waals surface area contributed by atoms with Gasteiger partial charge in [0.2, 0.25) is 5.78 Å². The van der Waals surface area contributed by atoms with Crippen LogP contribution in [0, 0.1) is 0 Å². The fourth-order valence-corrected chi connectivity index (χ4v) is 4.51. The number of Topliss-reactive ketones (excluding diaryl/α,β-unsaturated/α-hetero) is 1. The van der Waals surface area contributed by atoms with Gasteiger partial charge in [0.15, 0.2) is 4.91 Å². The summed E-state index contributed by atoms with van der Waals surface area (Å²) in [6.45, 7) is 1.67. The van der Waals surface area contributed by atoms with E-state index in [0.717, 1.165) is 10.7 Å². The fraction of sp³-hybridized carbons (Fsp3) is 0.150. The van der Waals surface area contributed by atoms with Crippen LogP contribution in [-0.4, -0.2) is 25.0 Å². The molecule has 0 saturated heterocycles. The Labute approximate surface area is 159 Å². The van der Waals surface area contributed by atoms with Crippen molar-refractivity contribution < 1.29 is 22.1 Å². The largest absolute Gasteiger partial charge is 0.673 e. The van der Waals surface area contributed by atoms with E-state index in [1.165, 1.54) is 22.3 Å². The van der Waals surface area contributed by atoms with Gasteiger partial charge in [0.1, 0.15) is 12.0 Å². The number of hydrogen-bond acceptors (Lipinski definition) is 1.